The molecule has 3 rings (SSSR count). The third-order valence-corrected chi connectivity index (χ3v) is 5.74. The molecular formula is C15H12Cl2N4OS2. The highest BCUT2D eigenvalue weighted by Gasteiger charge is 2.19. The van der Waals surface area contributed by atoms with Crippen molar-refractivity contribution >= 4 is 57.9 Å². The number of nitrogens with zero attached hydrogens (tertiary/aromatic N) is 2. The van der Waals surface area contributed by atoms with E-state index in [1.807, 2.05) is 17.5 Å². The van der Waals surface area contributed by atoms with Crippen LogP contribution >= 0.6 is 46.3 Å². The number of anilines is 1. The molecule has 0 spiro atoms. The second kappa shape index (κ2) is 7.57. The second-order valence-electron chi connectivity index (χ2n) is 4.79. The molecule has 0 saturated carbocycles. The van der Waals surface area contributed by atoms with E-state index >= 15 is 0 Å². The van der Waals surface area contributed by atoms with Crippen LogP contribution in [-0.2, 0) is 4.79 Å². The number of aromatic amines is 1. The number of hydrogen-bond acceptors (Lipinski definition) is 5. The first-order valence-corrected chi connectivity index (χ1v) is 9.44. The van der Waals surface area contributed by atoms with Gasteiger partial charge in [0, 0.05) is 0 Å². The quantitative estimate of drug-likeness (QED) is 0.595. The van der Waals surface area contributed by atoms with Crippen LogP contribution < -0.4 is 5.32 Å². The first-order chi connectivity index (χ1) is 11.5. The number of carbonyl (C=O) groups excluding carboxylic acids is 1. The fraction of sp³-hybridized carbons (Fsp3) is 0.133. The Bertz CT molecular complexity index is 851. The second-order valence-corrected chi connectivity index (χ2v) is 7.84. The summed E-state index contributed by atoms with van der Waals surface area (Å²) in [6, 6.07) is 8.99. The number of thiophene rings is 1. The maximum Gasteiger partial charge on any atom is 0.237 e. The van der Waals surface area contributed by atoms with Gasteiger partial charge in [0.05, 0.1) is 25.9 Å². The van der Waals surface area contributed by atoms with E-state index in [1.165, 1.54) is 11.8 Å². The van der Waals surface area contributed by atoms with Gasteiger partial charge in [0.25, 0.3) is 0 Å². The molecule has 1 atom stereocenters. The van der Waals surface area contributed by atoms with Crippen LogP contribution in [0.3, 0.4) is 0 Å². The molecule has 9 heteroatoms. The van der Waals surface area contributed by atoms with Gasteiger partial charge in [0.2, 0.25) is 11.1 Å². The van der Waals surface area contributed by atoms with Crippen LogP contribution in [-0.4, -0.2) is 26.3 Å². The smallest absolute Gasteiger partial charge is 0.237 e. The van der Waals surface area contributed by atoms with Crippen molar-refractivity contribution in [3.8, 4) is 10.7 Å². The van der Waals surface area contributed by atoms with Gasteiger partial charge in [0.15, 0.2) is 5.82 Å². The van der Waals surface area contributed by atoms with Gasteiger partial charge in [-0.25, -0.2) is 4.98 Å². The van der Waals surface area contributed by atoms with Gasteiger partial charge >= 0.3 is 0 Å². The van der Waals surface area contributed by atoms with Crippen molar-refractivity contribution in [3.05, 3.63) is 45.8 Å². The number of hydrogen-bond donors (Lipinski definition) is 2. The zero-order chi connectivity index (χ0) is 17.1. The Balaban J connectivity index is 1.65. The Labute approximate surface area is 156 Å². The first-order valence-electron chi connectivity index (χ1n) is 6.92. The Morgan fingerprint density at radius 1 is 1.33 bits per heavy atom. The minimum atomic E-state index is -0.396. The minimum Gasteiger partial charge on any atom is -0.324 e. The van der Waals surface area contributed by atoms with E-state index in [1.54, 1.807) is 36.5 Å². The highest BCUT2D eigenvalue weighted by molar-refractivity contribution is 8.00. The summed E-state index contributed by atoms with van der Waals surface area (Å²) < 4.78 is 0. The highest BCUT2D eigenvalue weighted by atomic mass is 35.5. The number of carbonyl (C=O) groups is 1. The molecule has 2 aromatic heterocycles. The third-order valence-electron chi connectivity index (χ3n) is 3.08. The molecule has 0 aliphatic heterocycles. The van der Waals surface area contributed by atoms with Crippen LogP contribution in [0.2, 0.25) is 10.0 Å². The van der Waals surface area contributed by atoms with Gasteiger partial charge < -0.3 is 5.32 Å². The van der Waals surface area contributed by atoms with Crippen molar-refractivity contribution in [3.63, 3.8) is 0 Å². The zero-order valence-electron chi connectivity index (χ0n) is 12.4. The summed E-state index contributed by atoms with van der Waals surface area (Å²) >= 11 is 14.9. The van der Waals surface area contributed by atoms with Crippen LogP contribution in [0.25, 0.3) is 10.7 Å². The van der Waals surface area contributed by atoms with E-state index in [4.69, 9.17) is 23.2 Å². The lowest BCUT2D eigenvalue weighted by Crippen LogP contribution is -2.22. The Morgan fingerprint density at radius 2 is 2.17 bits per heavy atom. The number of thioether (sulfide) groups is 1. The van der Waals surface area contributed by atoms with Gasteiger partial charge in [-0.3, -0.25) is 9.89 Å². The molecule has 5 nitrogen and oxygen atoms in total. The van der Waals surface area contributed by atoms with Crippen LogP contribution in [0, 0.1) is 0 Å². The molecule has 124 valence electrons. The topological polar surface area (TPSA) is 70.7 Å². The molecule has 3 aromatic rings. The van der Waals surface area contributed by atoms with Crippen molar-refractivity contribution in [1.82, 2.24) is 15.2 Å². The maximum atomic E-state index is 12.3. The summed E-state index contributed by atoms with van der Waals surface area (Å²) in [5.41, 5.74) is 0.482. The van der Waals surface area contributed by atoms with Crippen LogP contribution in [0.15, 0.2) is 40.9 Å². The van der Waals surface area contributed by atoms with Crippen molar-refractivity contribution in [2.75, 3.05) is 5.32 Å². The lowest BCUT2D eigenvalue weighted by Gasteiger charge is -2.11. The molecule has 0 bridgehead atoms. The molecule has 0 fully saturated rings. The summed E-state index contributed by atoms with van der Waals surface area (Å²) in [5.74, 6) is 0.490. The molecule has 1 amide bonds. The van der Waals surface area contributed by atoms with Crippen molar-refractivity contribution in [1.29, 1.82) is 0 Å². The van der Waals surface area contributed by atoms with Gasteiger partial charge in [-0.2, -0.15) is 0 Å². The van der Waals surface area contributed by atoms with E-state index in [0.29, 0.717) is 26.7 Å². The Hall–Kier alpha value is -1.54. The average Bonchev–Trinajstić information content (AvgIpc) is 3.22. The number of halogens is 2. The van der Waals surface area contributed by atoms with Crippen LogP contribution in [0.4, 0.5) is 5.69 Å². The molecule has 0 unspecified atom stereocenters. The fourth-order valence-corrected chi connectivity index (χ4v) is 3.61. The number of amides is 1. The summed E-state index contributed by atoms with van der Waals surface area (Å²) in [4.78, 5) is 17.7. The summed E-state index contributed by atoms with van der Waals surface area (Å²) in [5, 5.41) is 12.6. The highest BCUT2D eigenvalue weighted by Crippen LogP contribution is 2.31. The largest absolute Gasteiger partial charge is 0.324 e. The predicted molar refractivity (Wildman–Crippen MR) is 100 cm³/mol. The van der Waals surface area contributed by atoms with Gasteiger partial charge in [-0.15, -0.1) is 16.4 Å². The SMILES string of the molecule is C[C@H](Sc1n[nH]c(-c2cccs2)n1)C(=O)Nc1cccc(Cl)c1Cl. The molecule has 1 aromatic carbocycles. The summed E-state index contributed by atoms with van der Waals surface area (Å²) in [6.07, 6.45) is 0. The van der Waals surface area contributed by atoms with E-state index < -0.39 is 5.25 Å². The van der Waals surface area contributed by atoms with E-state index in [-0.39, 0.29) is 5.91 Å². The van der Waals surface area contributed by atoms with Gasteiger partial charge in [-0.05, 0) is 30.5 Å². The lowest BCUT2D eigenvalue weighted by molar-refractivity contribution is -0.115. The number of benzene rings is 1. The molecule has 0 saturated heterocycles. The Kier molecular flexibility index (Phi) is 5.45. The number of nitrogens with one attached hydrogen (secondary N) is 2. The van der Waals surface area contributed by atoms with Crippen LogP contribution in [0.1, 0.15) is 6.92 Å². The Morgan fingerprint density at radius 3 is 2.92 bits per heavy atom. The normalized spacial score (nSPS) is 12.1. The monoisotopic (exact) mass is 398 g/mol. The summed E-state index contributed by atoms with van der Waals surface area (Å²) in [7, 11) is 0. The van der Waals surface area contributed by atoms with E-state index in [0.717, 1.165) is 4.88 Å². The van der Waals surface area contributed by atoms with Crippen molar-refractivity contribution < 1.29 is 4.79 Å². The van der Waals surface area contributed by atoms with E-state index in [9.17, 15) is 4.79 Å². The van der Waals surface area contributed by atoms with Crippen molar-refractivity contribution in [2.45, 2.75) is 17.3 Å². The first kappa shape index (κ1) is 17.3. The standard InChI is InChI=1S/C15H12Cl2N4OS2/c1-8(14(22)18-10-5-2-4-9(16)12(10)17)24-15-19-13(20-21-15)11-6-3-7-23-11/h2-8H,1H3,(H,18,22)(H,19,20,21)/t8-/m0/s1. The van der Waals surface area contributed by atoms with Crippen molar-refractivity contribution in [2.24, 2.45) is 0 Å². The van der Waals surface area contributed by atoms with Crippen LogP contribution in [0.5, 0.6) is 0 Å². The lowest BCUT2D eigenvalue weighted by atomic mass is 10.3. The molecule has 0 radical (unpaired) electrons. The van der Waals surface area contributed by atoms with Gasteiger partial charge in [-0.1, -0.05) is 47.1 Å². The minimum absolute atomic E-state index is 0.202. The molecule has 2 N–H and O–H groups in total. The number of rotatable bonds is 5. The maximum absolute atomic E-state index is 12.3. The number of aromatic nitrogens is 3. The van der Waals surface area contributed by atoms with Gasteiger partial charge in [0.1, 0.15) is 0 Å². The number of H-pyrrole nitrogens is 1. The summed E-state index contributed by atoms with van der Waals surface area (Å²) in [6.45, 7) is 1.78. The predicted octanol–water partition coefficient (Wildman–Crippen LogP) is 4.96. The third kappa shape index (κ3) is 3.92. The average molecular weight is 399 g/mol. The molecule has 2 heterocycles. The molecule has 0 aliphatic carbocycles. The van der Waals surface area contributed by atoms with E-state index in [2.05, 4.69) is 20.5 Å². The molecule has 24 heavy (non-hydrogen) atoms. The zero-order valence-corrected chi connectivity index (χ0v) is 15.6. The molecular weight excluding hydrogens is 387 g/mol. The fourth-order valence-electron chi connectivity index (χ4n) is 1.87. The molecule has 0 aliphatic rings.